The van der Waals surface area contributed by atoms with Crippen LogP contribution >= 0.6 is 0 Å². The summed E-state index contributed by atoms with van der Waals surface area (Å²) in [5, 5.41) is 6.50. The Morgan fingerprint density at radius 3 is 2.50 bits per heavy atom. The van der Waals surface area contributed by atoms with Crippen LogP contribution in [0, 0.1) is 5.41 Å². The van der Waals surface area contributed by atoms with E-state index in [9.17, 15) is 0 Å². The highest BCUT2D eigenvalue weighted by molar-refractivity contribution is 5.78. The fourth-order valence-electron chi connectivity index (χ4n) is 3.11. The van der Waals surface area contributed by atoms with E-state index in [-0.39, 0.29) is 0 Å². The van der Waals surface area contributed by atoms with Gasteiger partial charge in [-0.1, -0.05) is 32.4 Å². The van der Waals surface area contributed by atoms with Gasteiger partial charge in [0, 0.05) is 11.3 Å². The van der Waals surface area contributed by atoms with E-state index in [1.165, 1.54) is 25.7 Å². The zero-order valence-corrected chi connectivity index (χ0v) is 12.5. The maximum Gasteiger partial charge on any atom is 0.128 e. The van der Waals surface area contributed by atoms with E-state index >= 15 is 0 Å². The average molecular weight is 278 g/mol. The third kappa shape index (κ3) is 3.74. The zero-order valence-electron chi connectivity index (χ0n) is 12.5. The third-order valence-electron chi connectivity index (χ3n) is 4.08. The van der Waals surface area contributed by atoms with E-state index in [1.807, 2.05) is 18.2 Å². The average Bonchev–Trinajstić information content (AvgIpc) is 2.86. The lowest BCUT2D eigenvalue weighted by atomic mass is 9.80. The van der Waals surface area contributed by atoms with Gasteiger partial charge in [-0.3, -0.25) is 0 Å². The number of rotatable bonds is 4. The Morgan fingerprint density at radius 1 is 1.35 bits per heavy atom. The van der Waals surface area contributed by atoms with Crippen LogP contribution in [0.3, 0.4) is 0 Å². The molecule has 0 amide bonds. The van der Waals surface area contributed by atoms with E-state index in [1.54, 1.807) is 7.11 Å². The summed E-state index contributed by atoms with van der Waals surface area (Å²) in [6.45, 7) is 6.60. The quantitative estimate of drug-likeness (QED) is 0.580. The first-order valence-electron chi connectivity index (χ1n) is 6.92. The monoisotopic (exact) mass is 278 g/mol. The minimum atomic E-state index is 0.393. The van der Waals surface area contributed by atoms with Crippen molar-refractivity contribution in [3.05, 3.63) is 30.3 Å². The van der Waals surface area contributed by atoms with Gasteiger partial charge in [-0.25, -0.2) is 5.90 Å². The number of nitrogen functional groups attached to an aromatic ring is 1. The van der Waals surface area contributed by atoms with Crippen LogP contribution in [0.2, 0.25) is 0 Å². The second-order valence-corrected chi connectivity index (χ2v) is 5.72. The maximum absolute atomic E-state index is 6.50. The van der Waals surface area contributed by atoms with Crippen molar-refractivity contribution in [2.45, 2.75) is 39.0 Å². The number of allylic oxidation sites excluding steroid dienone is 1. The Hall–Kier alpha value is -1.52. The van der Waals surface area contributed by atoms with Crippen LogP contribution in [-0.2, 0) is 0 Å². The number of hydrogen-bond acceptors (Lipinski definition) is 4. The van der Waals surface area contributed by atoms with Crippen molar-refractivity contribution in [3.8, 4) is 5.75 Å². The van der Waals surface area contributed by atoms with Gasteiger partial charge in [-0.15, -0.1) is 0 Å². The molecule has 1 aliphatic carbocycles. The van der Waals surface area contributed by atoms with Crippen LogP contribution in [-0.4, -0.2) is 12.3 Å². The van der Waals surface area contributed by atoms with Crippen molar-refractivity contribution >= 4 is 11.3 Å². The Bertz CT molecular complexity index is 452. The predicted octanol–water partition coefficient (Wildman–Crippen LogP) is 3.60. The van der Waals surface area contributed by atoms with Crippen molar-refractivity contribution in [1.29, 1.82) is 0 Å². The minimum absolute atomic E-state index is 0.393. The fraction of sp³-hybridized carbons (Fsp3) is 0.500. The van der Waals surface area contributed by atoms with Gasteiger partial charge in [0.25, 0.3) is 0 Å². The topological polar surface area (TPSA) is 81.5 Å². The standard InChI is InChI=1S/C16H23NO.H3NO/c1-12(11-16(2)9-4-5-10-16)15-13(17)7-6-8-14(15)18-3;1-2/h6-8H,1,4-5,9-11,17H2,2-3H3;2H,1H2. The lowest BCUT2D eigenvalue weighted by molar-refractivity contribution is 0.311. The Labute approximate surface area is 121 Å². The summed E-state index contributed by atoms with van der Waals surface area (Å²) in [7, 11) is 1.68. The van der Waals surface area contributed by atoms with E-state index in [0.29, 0.717) is 5.41 Å². The Morgan fingerprint density at radius 2 is 1.95 bits per heavy atom. The van der Waals surface area contributed by atoms with Gasteiger partial charge >= 0.3 is 0 Å². The third-order valence-corrected chi connectivity index (χ3v) is 4.08. The van der Waals surface area contributed by atoms with Crippen molar-refractivity contribution in [2.24, 2.45) is 11.3 Å². The molecule has 1 aliphatic rings. The van der Waals surface area contributed by atoms with Gasteiger partial charge in [0.05, 0.1) is 7.11 Å². The molecule has 0 heterocycles. The molecule has 0 bridgehead atoms. The van der Waals surface area contributed by atoms with E-state index < -0.39 is 0 Å². The van der Waals surface area contributed by atoms with Crippen molar-refractivity contribution < 1.29 is 9.94 Å². The number of anilines is 1. The van der Waals surface area contributed by atoms with Crippen LogP contribution in [0.15, 0.2) is 24.8 Å². The number of methoxy groups -OCH3 is 1. The Kier molecular flexibility index (Phi) is 6.05. The van der Waals surface area contributed by atoms with Gasteiger partial charge in [0.15, 0.2) is 0 Å². The van der Waals surface area contributed by atoms with E-state index in [0.717, 1.165) is 29.0 Å². The summed E-state index contributed by atoms with van der Waals surface area (Å²) in [6, 6.07) is 5.79. The SMILES string of the molecule is C=C(CC1(C)CCCC1)c1c(N)cccc1OC.NO. The van der Waals surface area contributed by atoms with Crippen molar-refractivity contribution in [3.63, 3.8) is 0 Å². The molecule has 1 saturated carbocycles. The molecule has 1 aromatic rings. The summed E-state index contributed by atoms with van der Waals surface area (Å²) >= 11 is 0. The molecule has 112 valence electrons. The molecule has 0 radical (unpaired) electrons. The van der Waals surface area contributed by atoms with Crippen molar-refractivity contribution in [2.75, 3.05) is 12.8 Å². The number of nitrogens with two attached hydrogens (primary N) is 2. The molecule has 20 heavy (non-hydrogen) atoms. The lowest BCUT2D eigenvalue weighted by Crippen LogP contribution is -2.12. The van der Waals surface area contributed by atoms with Crippen LogP contribution in [0.5, 0.6) is 5.75 Å². The van der Waals surface area contributed by atoms with E-state index in [4.69, 9.17) is 15.7 Å². The molecule has 4 nitrogen and oxygen atoms in total. The molecule has 5 N–H and O–H groups in total. The molecule has 2 rings (SSSR count). The largest absolute Gasteiger partial charge is 0.496 e. The molecular weight excluding hydrogens is 252 g/mol. The van der Waals surface area contributed by atoms with Gasteiger partial charge < -0.3 is 15.7 Å². The molecule has 0 saturated heterocycles. The molecule has 0 aromatic heterocycles. The highest BCUT2D eigenvalue weighted by Crippen LogP contribution is 2.46. The smallest absolute Gasteiger partial charge is 0.128 e. The second kappa shape index (κ2) is 7.31. The normalized spacial score (nSPS) is 16.2. The maximum atomic E-state index is 6.50. The summed E-state index contributed by atoms with van der Waals surface area (Å²) in [6.07, 6.45) is 6.27. The lowest BCUT2D eigenvalue weighted by Gasteiger charge is -2.25. The first-order valence-corrected chi connectivity index (χ1v) is 6.92. The molecule has 1 fully saturated rings. The molecule has 0 unspecified atom stereocenters. The van der Waals surface area contributed by atoms with E-state index in [2.05, 4.69) is 19.4 Å². The summed E-state index contributed by atoms with van der Waals surface area (Å²) in [5.74, 6) is 4.33. The van der Waals surface area contributed by atoms with Crippen LogP contribution in [0.4, 0.5) is 5.69 Å². The molecule has 0 spiro atoms. The number of hydrogen-bond donors (Lipinski definition) is 3. The van der Waals surface area contributed by atoms with Gasteiger partial charge in [0.1, 0.15) is 5.75 Å². The van der Waals surface area contributed by atoms with Gasteiger partial charge in [-0.05, 0) is 42.4 Å². The Balaban J connectivity index is 0.000000956. The zero-order chi connectivity index (χ0) is 15.2. The summed E-state index contributed by atoms with van der Waals surface area (Å²) in [4.78, 5) is 0. The van der Waals surface area contributed by atoms with Crippen LogP contribution in [0.1, 0.15) is 44.6 Å². The summed E-state index contributed by atoms with van der Waals surface area (Å²) < 4.78 is 5.40. The highest BCUT2D eigenvalue weighted by Gasteiger charge is 2.30. The van der Waals surface area contributed by atoms with Gasteiger partial charge in [-0.2, -0.15) is 0 Å². The van der Waals surface area contributed by atoms with Gasteiger partial charge in [0.2, 0.25) is 0 Å². The molecule has 4 heteroatoms. The minimum Gasteiger partial charge on any atom is -0.496 e. The second-order valence-electron chi connectivity index (χ2n) is 5.72. The first-order chi connectivity index (χ1) is 9.56. The number of benzene rings is 1. The van der Waals surface area contributed by atoms with Crippen molar-refractivity contribution in [1.82, 2.24) is 0 Å². The predicted molar refractivity (Wildman–Crippen MR) is 83.6 cm³/mol. The molecule has 0 aliphatic heterocycles. The number of ether oxygens (including phenoxy) is 1. The van der Waals surface area contributed by atoms with Crippen LogP contribution < -0.4 is 16.4 Å². The molecule has 1 aromatic carbocycles. The highest BCUT2D eigenvalue weighted by atomic mass is 16.5. The van der Waals surface area contributed by atoms with Crippen LogP contribution in [0.25, 0.3) is 5.57 Å². The molecule has 0 atom stereocenters. The first kappa shape index (κ1) is 16.5. The fourth-order valence-corrected chi connectivity index (χ4v) is 3.11. The summed E-state index contributed by atoms with van der Waals surface area (Å²) in [5.41, 5.74) is 9.33. The molecular formula is C16H26N2O2.